The van der Waals surface area contributed by atoms with E-state index in [1.807, 2.05) is 40.6 Å². The number of amides is 1. The van der Waals surface area contributed by atoms with E-state index < -0.39 is 0 Å². The Labute approximate surface area is 176 Å². The number of piperazine rings is 1. The van der Waals surface area contributed by atoms with Crippen molar-refractivity contribution in [3.63, 3.8) is 0 Å². The largest absolute Gasteiger partial charge is 0.367 e. The molecule has 150 valence electrons. The maximum Gasteiger partial charge on any atom is 0.278 e. The Morgan fingerprint density at radius 3 is 2.60 bits per heavy atom. The second-order valence-corrected chi connectivity index (χ2v) is 8.12. The first kappa shape index (κ1) is 18.5. The Morgan fingerprint density at radius 2 is 1.80 bits per heavy atom. The van der Waals surface area contributed by atoms with Crippen LogP contribution in [0.25, 0.3) is 20.9 Å². The highest BCUT2D eigenvalue weighted by Crippen LogP contribution is 2.34. The molecule has 1 saturated heterocycles. The highest BCUT2D eigenvalue weighted by molar-refractivity contribution is 7.17. The van der Waals surface area contributed by atoms with Crippen molar-refractivity contribution in [2.45, 2.75) is 0 Å². The SMILES string of the molecule is O=C(c1csc2ccccc12)N1CCN(c2ccc([N+](=O)[O-])c3cnccc23)CC1. The van der Waals surface area contributed by atoms with E-state index in [2.05, 4.69) is 9.88 Å². The van der Waals surface area contributed by atoms with Crippen LogP contribution in [0.4, 0.5) is 11.4 Å². The summed E-state index contributed by atoms with van der Waals surface area (Å²) in [6.45, 7) is 2.55. The van der Waals surface area contributed by atoms with Gasteiger partial charge in [0.15, 0.2) is 0 Å². The second-order valence-electron chi connectivity index (χ2n) is 7.21. The minimum absolute atomic E-state index is 0.0556. The van der Waals surface area contributed by atoms with Crippen LogP contribution in [0.3, 0.4) is 0 Å². The fourth-order valence-corrected chi connectivity index (χ4v) is 4.99. The lowest BCUT2D eigenvalue weighted by atomic mass is 10.1. The summed E-state index contributed by atoms with van der Waals surface area (Å²) in [6.07, 6.45) is 3.19. The molecule has 0 unspecified atom stereocenters. The number of hydrogen-bond donors (Lipinski definition) is 0. The van der Waals surface area contributed by atoms with Crippen molar-refractivity contribution in [1.29, 1.82) is 0 Å². The van der Waals surface area contributed by atoms with Gasteiger partial charge < -0.3 is 9.80 Å². The molecule has 0 spiro atoms. The van der Waals surface area contributed by atoms with Crippen LogP contribution in [-0.2, 0) is 0 Å². The van der Waals surface area contributed by atoms with E-state index in [9.17, 15) is 14.9 Å². The van der Waals surface area contributed by atoms with Crippen LogP contribution in [0, 0.1) is 10.1 Å². The number of carbonyl (C=O) groups excluding carboxylic acids is 1. The highest BCUT2D eigenvalue weighted by Gasteiger charge is 2.26. The first-order chi connectivity index (χ1) is 14.6. The summed E-state index contributed by atoms with van der Waals surface area (Å²) in [7, 11) is 0. The fourth-order valence-electron chi connectivity index (χ4n) is 4.06. The third-order valence-corrected chi connectivity index (χ3v) is 6.55. The Balaban J connectivity index is 1.38. The second kappa shape index (κ2) is 7.38. The van der Waals surface area contributed by atoms with Crippen LogP contribution in [-0.4, -0.2) is 46.9 Å². The van der Waals surface area contributed by atoms with Crippen molar-refractivity contribution in [1.82, 2.24) is 9.88 Å². The van der Waals surface area contributed by atoms with Gasteiger partial charge in [0.25, 0.3) is 11.6 Å². The summed E-state index contributed by atoms with van der Waals surface area (Å²) in [4.78, 5) is 32.2. The van der Waals surface area contributed by atoms with Crippen LogP contribution in [0.15, 0.2) is 60.2 Å². The summed E-state index contributed by atoms with van der Waals surface area (Å²) in [5.74, 6) is 0.0601. The van der Waals surface area contributed by atoms with Gasteiger partial charge in [0.05, 0.1) is 15.9 Å². The molecule has 0 aliphatic carbocycles. The van der Waals surface area contributed by atoms with Gasteiger partial charge in [-0.3, -0.25) is 19.9 Å². The lowest BCUT2D eigenvalue weighted by Gasteiger charge is -2.36. The molecule has 5 rings (SSSR count). The van der Waals surface area contributed by atoms with Crippen LogP contribution >= 0.6 is 11.3 Å². The van der Waals surface area contributed by atoms with E-state index in [4.69, 9.17) is 0 Å². The number of nitrogens with zero attached hydrogens (tertiary/aromatic N) is 4. The maximum absolute atomic E-state index is 13.1. The molecule has 1 aliphatic rings. The summed E-state index contributed by atoms with van der Waals surface area (Å²) in [5, 5.41) is 15.6. The third kappa shape index (κ3) is 3.05. The summed E-state index contributed by atoms with van der Waals surface area (Å²) in [5.41, 5.74) is 1.75. The number of benzene rings is 2. The number of carbonyl (C=O) groups is 1. The van der Waals surface area contributed by atoms with E-state index in [0.29, 0.717) is 31.6 Å². The van der Waals surface area contributed by atoms with Gasteiger partial charge >= 0.3 is 0 Å². The minimum Gasteiger partial charge on any atom is -0.367 e. The van der Waals surface area contributed by atoms with Crippen molar-refractivity contribution < 1.29 is 9.72 Å². The number of rotatable bonds is 3. The van der Waals surface area contributed by atoms with Gasteiger partial charge in [0.2, 0.25) is 0 Å². The van der Waals surface area contributed by atoms with Crippen molar-refractivity contribution >= 4 is 49.5 Å². The molecule has 0 atom stereocenters. The number of non-ortho nitro benzene ring substituents is 1. The molecule has 30 heavy (non-hydrogen) atoms. The molecular formula is C22H18N4O3S. The number of thiophene rings is 1. The zero-order chi connectivity index (χ0) is 20.7. The molecular weight excluding hydrogens is 400 g/mol. The summed E-state index contributed by atoms with van der Waals surface area (Å²) < 4.78 is 1.12. The van der Waals surface area contributed by atoms with Gasteiger partial charge in [-0.05, 0) is 18.2 Å². The van der Waals surface area contributed by atoms with E-state index in [1.54, 1.807) is 29.8 Å². The van der Waals surface area contributed by atoms with Gasteiger partial charge in [-0.15, -0.1) is 11.3 Å². The lowest BCUT2D eigenvalue weighted by Crippen LogP contribution is -2.48. The number of pyridine rings is 1. The van der Waals surface area contributed by atoms with E-state index in [1.165, 1.54) is 6.07 Å². The number of hydrogen-bond acceptors (Lipinski definition) is 6. The molecule has 1 aliphatic heterocycles. The van der Waals surface area contributed by atoms with Gasteiger partial charge in [0, 0.05) is 71.2 Å². The zero-order valence-electron chi connectivity index (χ0n) is 16.0. The molecule has 3 heterocycles. The highest BCUT2D eigenvalue weighted by atomic mass is 32.1. The van der Waals surface area contributed by atoms with Crippen LogP contribution in [0.5, 0.6) is 0 Å². The molecule has 2 aromatic carbocycles. The first-order valence-corrected chi connectivity index (χ1v) is 10.5. The fraction of sp³-hybridized carbons (Fsp3) is 0.182. The molecule has 2 aromatic heterocycles. The molecule has 7 nitrogen and oxygen atoms in total. The van der Waals surface area contributed by atoms with Gasteiger partial charge in [0.1, 0.15) is 0 Å². The predicted octanol–water partition coefficient (Wildman–Crippen LogP) is 4.32. The molecule has 0 N–H and O–H groups in total. The van der Waals surface area contributed by atoms with Crippen LogP contribution in [0.2, 0.25) is 0 Å². The normalized spacial score (nSPS) is 14.4. The number of anilines is 1. The molecule has 0 bridgehead atoms. The number of nitro groups is 1. The van der Waals surface area contributed by atoms with E-state index in [-0.39, 0.29) is 16.5 Å². The van der Waals surface area contributed by atoms with Gasteiger partial charge in [-0.1, -0.05) is 18.2 Å². The zero-order valence-corrected chi connectivity index (χ0v) is 16.8. The number of fused-ring (bicyclic) bond motifs is 2. The molecule has 1 fully saturated rings. The molecule has 4 aromatic rings. The standard InChI is InChI=1S/C22H18N4O3S/c27-22(18-14-30-21-4-2-1-3-16(18)21)25-11-9-24(10-12-25)19-5-6-20(26(28)29)17-13-23-8-7-15(17)19/h1-8,13-14H,9-12H2. The molecule has 8 heteroatoms. The third-order valence-electron chi connectivity index (χ3n) is 5.59. The summed E-state index contributed by atoms with van der Waals surface area (Å²) in [6, 6.07) is 13.1. The molecule has 0 saturated carbocycles. The molecule has 1 amide bonds. The van der Waals surface area contributed by atoms with Crippen LogP contribution in [0.1, 0.15) is 10.4 Å². The van der Waals surface area contributed by atoms with Crippen molar-refractivity contribution in [2.75, 3.05) is 31.1 Å². The van der Waals surface area contributed by atoms with E-state index >= 15 is 0 Å². The Morgan fingerprint density at radius 1 is 1.00 bits per heavy atom. The number of aromatic nitrogens is 1. The Bertz CT molecular complexity index is 1280. The Hall–Kier alpha value is -3.52. The average molecular weight is 418 g/mol. The smallest absolute Gasteiger partial charge is 0.278 e. The topological polar surface area (TPSA) is 79.6 Å². The quantitative estimate of drug-likeness (QED) is 0.366. The Kier molecular flexibility index (Phi) is 4.55. The first-order valence-electron chi connectivity index (χ1n) is 9.65. The van der Waals surface area contributed by atoms with E-state index in [0.717, 1.165) is 26.7 Å². The van der Waals surface area contributed by atoms with Crippen molar-refractivity contribution in [3.05, 3.63) is 75.9 Å². The monoisotopic (exact) mass is 418 g/mol. The minimum atomic E-state index is -0.379. The van der Waals surface area contributed by atoms with Gasteiger partial charge in [-0.25, -0.2) is 0 Å². The average Bonchev–Trinajstić information content (AvgIpc) is 3.22. The maximum atomic E-state index is 13.1. The van der Waals surface area contributed by atoms with Gasteiger partial charge in [-0.2, -0.15) is 0 Å². The van der Waals surface area contributed by atoms with Crippen molar-refractivity contribution in [2.24, 2.45) is 0 Å². The molecule has 0 radical (unpaired) electrons. The van der Waals surface area contributed by atoms with Crippen molar-refractivity contribution in [3.8, 4) is 0 Å². The number of nitro benzene ring substituents is 1. The lowest BCUT2D eigenvalue weighted by molar-refractivity contribution is -0.383. The predicted molar refractivity (Wildman–Crippen MR) is 118 cm³/mol. The van der Waals surface area contributed by atoms with Crippen LogP contribution < -0.4 is 4.90 Å². The summed E-state index contributed by atoms with van der Waals surface area (Å²) >= 11 is 1.59.